The van der Waals surface area contributed by atoms with Crippen LogP contribution < -0.4 is 11.5 Å². The molecule has 0 unspecified atom stereocenters. The molecule has 114 valence electrons. The third kappa shape index (κ3) is 3.69. The van der Waals surface area contributed by atoms with E-state index in [-0.39, 0.29) is 25.3 Å². The predicted octanol–water partition coefficient (Wildman–Crippen LogP) is -2.17. The van der Waals surface area contributed by atoms with Crippen LogP contribution in [0.1, 0.15) is 19.8 Å². The summed E-state index contributed by atoms with van der Waals surface area (Å²) < 4.78 is 0. The van der Waals surface area contributed by atoms with E-state index in [2.05, 4.69) is 0 Å². The van der Waals surface area contributed by atoms with Gasteiger partial charge in [0, 0.05) is 19.0 Å². The number of amides is 1. The molecule has 0 aromatic rings. The van der Waals surface area contributed by atoms with Crippen molar-refractivity contribution in [3.8, 4) is 0 Å². The number of carbonyl (C=O) groups is 2. The topological polar surface area (TPSA) is 150 Å². The second kappa shape index (κ2) is 6.53. The van der Waals surface area contributed by atoms with E-state index in [0.29, 0.717) is 12.8 Å². The first-order valence-corrected chi connectivity index (χ1v) is 6.61. The molecule has 3 atom stereocenters. The molecule has 7 N–H and O–H groups in total. The highest BCUT2D eigenvalue weighted by molar-refractivity contribution is 6.40. The average molecular weight is 287 g/mol. The monoisotopic (exact) mass is 287 g/mol. The van der Waals surface area contributed by atoms with Gasteiger partial charge in [0.25, 0.3) is 0 Å². The molecule has 0 radical (unpaired) electrons. The Hall–Kier alpha value is -1.16. The van der Waals surface area contributed by atoms with Gasteiger partial charge in [-0.15, -0.1) is 0 Å². The molecule has 8 nitrogen and oxygen atoms in total. The van der Waals surface area contributed by atoms with Crippen LogP contribution in [0.25, 0.3) is 0 Å². The second-order valence-corrected chi connectivity index (χ2v) is 5.46. The Labute approximate surface area is 117 Å². The zero-order valence-electron chi connectivity index (χ0n) is 11.5. The molecule has 1 saturated heterocycles. The summed E-state index contributed by atoms with van der Waals surface area (Å²) in [4.78, 5) is 24.6. The summed E-state index contributed by atoms with van der Waals surface area (Å²) in [5.41, 5.74) is 9.94. The summed E-state index contributed by atoms with van der Waals surface area (Å²) in [6, 6.07) is -0.703. The normalized spacial score (nSPS) is 27.4. The van der Waals surface area contributed by atoms with Gasteiger partial charge in [0.2, 0.25) is 5.91 Å². The molecule has 9 heteroatoms. The highest BCUT2D eigenvalue weighted by Crippen LogP contribution is 2.30. The minimum atomic E-state index is -1.51. The third-order valence-corrected chi connectivity index (χ3v) is 3.74. The molecule has 1 amide bonds. The van der Waals surface area contributed by atoms with Crippen LogP contribution in [0.2, 0.25) is 6.32 Å². The molecule has 0 saturated carbocycles. The van der Waals surface area contributed by atoms with E-state index in [9.17, 15) is 14.7 Å². The van der Waals surface area contributed by atoms with Gasteiger partial charge in [-0.2, -0.15) is 0 Å². The van der Waals surface area contributed by atoms with Gasteiger partial charge in [-0.05, 0) is 19.7 Å². The van der Waals surface area contributed by atoms with Gasteiger partial charge in [0.05, 0.1) is 6.04 Å². The van der Waals surface area contributed by atoms with Gasteiger partial charge >= 0.3 is 13.1 Å². The highest BCUT2D eigenvalue weighted by atomic mass is 16.4. The summed E-state index contributed by atoms with van der Waals surface area (Å²) in [6.45, 7) is 1.69. The Morgan fingerprint density at radius 2 is 2.10 bits per heavy atom. The summed E-state index contributed by atoms with van der Waals surface area (Å²) in [7, 11) is -1.42. The Kier molecular flexibility index (Phi) is 5.52. The largest absolute Gasteiger partial charge is 0.480 e. The van der Waals surface area contributed by atoms with Gasteiger partial charge < -0.3 is 31.5 Å². The van der Waals surface area contributed by atoms with Crippen molar-refractivity contribution in [3.05, 3.63) is 0 Å². The van der Waals surface area contributed by atoms with Crippen LogP contribution in [0.4, 0.5) is 0 Å². The fourth-order valence-corrected chi connectivity index (χ4v) is 2.53. The minimum Gasteiger partial charge on any atom is -0.480 e. The number of carbonyl (C=O) groups excluding carboxylic acids is 1. The Morgan fingerprint density at radius 1 is 1.50 bits per heavy atom. The molecule has 1 aliphatic rings. The highest BCUT2D eigenvalue weighted by Gasteiger charge is 2.50. The van der Waals surface area contributed by atoms with E-state index >= 15 is 0 Å². The lowest BCUT2D eigenvalue weighted by Gasteiger charge is -2.25. The zero-order chi connectivity index (χ0) is 15.5. The molecule has 1 heterocycles. The summed E-state index contributed by atoms with van der Waals surface area (Å²) in [5.74, 6) is -1.92. The lowest BCUT2D eigenvalue weighted by Crippen LogP contribution is -2.55. The molecule has 1 aliphatic heterocycles. The van der Waals surface area contributed by atoms with E-state index in [1.807, 2.05) is 0 Å². The maximum atomic E-state index is 11.9. The van der Waals surface area contributed by atoms with Crippen molar-refractivity contribution < 1.29 is 24.7 Å². The van der Waals surface area contributed by atoms with Crippen LogP contribution in [0.5, 0.6) is 0 Å². The first kappa shape index (κ1) is 16.9. The van der Waals surface area contributed by atoms with E-state index in [4.69, 9.17) is 21.5 Å². The van der Waals surface area contributed by atoms with Gasteiger partial charge in [-0.1, -0.05) is 6.42 Å². The fourth-order valence-electron chi connectivity index (χ4n) is 2.53. The maximum absolute atomic E-state index is 11.9. The standard InChI is InChI=1S/C11H22BN3O5/c1-7(13)9(16)15-5-8(3-2-4-12(19)20)11(14,6-15)10(17)18/h7-8,19-20H,2-6,13-14H2,1H3,(H,17,18)/t7-,8-,11-/m0/s1. The minimum absolute atomic E-state index is 0.0744. The summed E-state index contributed by atoms with van der Waals surface area (Å²) in [5, 5.41) is 26.9. The number of nitrogens with two attached hydrogens (primary N) is 2. The smallest absolute Gasteiger partial charge is 0.451 e. The molecule has 1 fully saturated rings. The molecule has 1 rings (SSSR count). The first-order valence-electron chi connectivity index (χ1n) is 6.61. The van der Waals surface area contributed by atoms with Crippen LogP contribution in [0, 0.1) is 5.92 Å². The molecule has 0 spiro atoms. The molecule has 0 aliphatic carbocycles. The molecular weight excluding hydrogens is 265 g/mol. The number of aliphatic carboxylic acids is 1. The van der Waals surface area contributed by atoms with Crippen LogP contribution in [0.15, 0.2) is 0 Å². The maximum Gasteiger partial charge on any atom is 0.451 e. The average Bonchev–Trinajstić information content (AvgIpc) is 2.67. The van der Waals surface area contributed by atoms with Gasteiger partial charge in [-0.3, -0.25) is 9.59 Å². The first-order chi connectivity index (χ1) is 9.18. The predicted molar refractivity (Wildman–Crippen MR) is 72.5 cm³/mol. The summed E-state index contributed by atoms with van der Waals surface area (Å²) in [6.07, 6.45) is 0.978. The van der Waals surface area contributed by atoms with Crippen molar-refractivity contribution >= 4 is 19.0 Å². The van der Waals surface area contributed by atoms with E-state index in [1.165, 1.54) is 11.8 Å². The Balaban J connectivity index is 2.74. The number of carboxylic acid groups (broad SMARTS) is 1. The van der Waals surface area contributed by atoms with Crippen LogP contribution in [-0.4, -0.2) is 63.7 Å². The van der Waals surface area contributed by atoms with Gasteiger partial charge in [0.1, 0.15) is 5.54 Å². The molecule has 0 aromatic carbocycles. The molecule has 20 heavy (non-hydrogen) atoms. The van der Waals surface area contributed by atoms with Crippen molar-refractivity contribution in [2.24, 2.45) is 17.4 Å². The summed E-state index contributed by atoms with van der Waals surface area (Å²) >= 11 is 0. The lowest BCUT2D eigenvalue weighted by atomic mass is 9.78. The molecular formula is C11H22BN3O5. The SMILES string of the molecule is C[C@H](N)C(=O)N1C[C@H](CCCB(O)O)[C@](N)(C(=O)O)C1. The third-order valence-electron chi connectivity index (χ3n) is 3.74. The fraction of sp³-hybridized carbons (Fsp3) is 0.818. The van der Waals surface area contributed by atoms with Gasteiger partial charge in [-0.25, -0.2) is 0 Å². The number of nitrogens with zero attached hydrogens (tertiary/aromatic N) is 1. The number of hydrogen-bond acceptors (Lipinski definition) is 6. The second-order valence-electron chi connectivity index (χ2n) is 5.46. The van der Waals surface area contributed by atoms with Crippen molar-refractivity contribution in [3.63, 3.8) is 0 Å². The van der Waals surface area contributed by atoms with Gasteiger partial charge in [0.15, 0.2) is 0 Å². The lowest BCUT2D eigenvalue weighted by molar-refractivity contribution is -0.144. The number of hydrogen-bond donors (Lipinski definition) is 5. The van der Waals surface area contributed by atoms with E-state index in [1.54, 1.807) is 0 Å². The van der Waals surface area contributed by atoms with Crippen LogP contribution in [0.3, 0.4) is 0 Å². The molecule has 0 bridgehead atoms. The van der Waals surface area contributed by atoms with E-state index in [0.717, 1.165) is 0 Å². The molecule has 0 aromatic heterocycles. The number of rotatable bonds is 6. The van der Waals surface area contributed by atoms with Crippen molar-refractivity contribution in [2.75, 3.05) is 13.1 Å². The van der Waals surface area contributed by atoms with Crippen LogP contribution >= 0.6 is 0 Å². The van der Waals surface area contributed by atoms with Crippen molar-refractivity contribution in [1.29, 1.82) is 0 Å². The zero-order valence-corrected chi connectivity index (χ0v) is 11.5. The Morgan fingerprint density at radius 3 is 2.55 bits per heavy atom. The van der Waals surface area contributed by atoms with Crippen LogP contribution in [-0.2, 0) is 9.59 Å². The Bertz CT molecular complexity index is 379. The number of carboxylic acids is 1. The quantitative estimate of drug-likeness (QED) is 0.349. The van der Waals surface area contributed by atoms with E-state index < -0.39 is 30.6 Å². The van der Waals surface area contributed by atoms with Crippen molar-refractivity contribution in [1.82, 2.24) is 4.90 Å². The number of likely N-dealkylation sites (tertiary alicyclic amines) is 1. The van der Waals surface area contributed by atoms with Crippen molar-refractivity contribution in [2.45, 2.75) is 37.7 Å².